The lowest BCUT2D eigenvalue weighted by Gasteiger charge is -2.10. The third-order valence-electron chi connectivity index (χ3n) is 4.76. The Kier molecular flexibility index (Phi) is 4.21. The van der Waals surface area contributed by atoms with Crippen LogP contribution in [0.1, 0.15) is 33.7 Å². The molecular formula is C21H21N3O2. The number of pyridine rings is 1. The van der Waals surface area contributed by atoms with Crippen LogP contribution in [0.2, 0.25) is 0 Å². The van der Waals surface area contributed by atoms with Gasteiger partial charge in [-0.05, 0) is 49.9 Å². The van der Waals surface area contributed by atoms with E-state index >= 15 is 0 Å². The summed E-state index contributed by atoms with van der Waals surface area (Å²) in [6.45, 7) is 1.98. The standard InChI is InChI=1S/C21H21N3O2/c1-13-9-10-14-5-3-8-18-19(20(14)23-13)17(12-22-18)21(25)24-15-6-4-7-16(11-15)26-2/h4,6-7,9-12,22H,3,5,8H2,1-2H3,(H,24,25). The molecule has 132 valence electrons. The number of aryl methyl sites for hydroxylation is 3. The second-order valence-electron chi connectivity index (χ2n) is 6.56. The highest BCUT2D eigenvalue weighted by Gasteiger charge is 2.24. The van der Waals surface area contributed by atoms with Gasteiger partial charge in [-0.3, -0.25) is 9.78 Å². The number of aromatic nitrogens is 2. The van der Waals surface area contributed by atoms with Crippen LogP contribution < -0.4 is 10.1 Å². The van der Waals surface area contributed by atoms with Gasteiger partial charge in [0.2, 0.25) is 0 Å². The largest absolute Gasteiger partial charge is 0.497 e. The molecule has 0 bridgehead atoms. The van der Waals surface area contributed by atoms with Crippen LogP contribution in [0.5, 0.6) is 5.75 Å². The van der Waals surface area contributed by atoms with Crippen LogP contribution >= 0.6 is 0 Å². The number of nitrogens with one attached hydrogen (secondary N) is 2. The Morgan fingerprint density at radius 3 is 2.96 bits per heavy atom. The van der Waals surface area contributed by atoms with Crippen molar-refractivity contribution in [3.05, 3.63) is 65.1 Å². The third-order valence-corrected chi connectivity index (χ3v) is 4.76. The van der Waals surface area contributed by atoms with E-state index in [0.29, 0.717) is 17.0 Å². The van der Waals surface area contributed by atoms with Crippen LogP contribution in [0.4, 0.5) is 5.69 Å². The number of amides is 1. The fraction of sp³-hybridized carbons (Fsp3) is 0.238. The van der Waals surface area contributed by atoms with Gasteiger partial charge in [0.15, 0.2) is 0 Å². The van der Waals surface area contributed by atoms with Crippen LogP contribution in [-0.2, 0) is 12.8 Å². The minimum atomic E-state index is -0.146. The SMILES string of the molecule is COc1cccc(NC(=O)c2c[nH]c3c2-c2nc(C)ccc2CCC3)c1. The first kappa shape index (κ1) is 16.4. The van der Waals surface area contributed by atoms with E-state index in [-0.39, 0.29) is 5.91 Å². The highest BCUT2D eigenvalue weighted by molar-refractivity contribution is 6.09. The number of hydrogen-bond acceptors (Lipinski definition) is 3. The Labute approximate surface area is 152 Å². The summed E-state index contributed by atoms with van der Waals surface area (Å²) < 4.78 is 5.23. The molecule has 0 fully saturated rings. The van der Waals surface area contributed by atoms with Gasteiger partial charge in [-0.2, -0.15) is 0 Å². The van der Waals surface area contributed by atoms with Crippen molar-refractivity contribution >= 4 is 11.6 Å². The molecular weight excluding hydrogens is 326 g/mol. The number of H-pyrrole nitrogens is 1. The van der Waals surface area contributed by atoms with Gasteiger partial charge in [0.25, 0.3) is 5.91 Å². The Morgan fingerprint density at radius 2 is 2.12 bits per heavy atom. The zero-order valence-corrected chi connectivity index (χ0v) is 14.9. The van der Waals surface area contributed by atoms with Crippen LogP contribution in [0.3, 0.4) is 0 Å². The van der Waals surface area contributed by atoms with Gasteiger partial charge in [0.1, 0.15) is 5.75 Å². The Balaban J connectivity index is 1.73. The van der Waals surface area contributed by atoms with E-state index < -0.39 is 0 Å². The van der Waals surface area contributed by atoms with Gasteiger partial charge in [-0.15, -0.1) is 0 Å². The molecule has 0 aliphatic heterocycles. The van der Waals surface area contributed by atoms with Gasteiger partial charge in [-0.1, -0.05) is 12.1 Å². The van der Waals surface area contributed by atoms with Gasteiger partial charge in [0.05, 0.1) is 18.4 Å². The van der Waals surface area contributed by atoms with Crippen LogP contribution in [0.25, 0.3) is 11.3 Å². The Bertz CT molecular complexity index is 975. The summed E-state index contributed by atoms with van der Waals surface area (Å²) >= 11 is 0. The quantitative estimate of drug-likeness (QED) is 0.748. The van der Waals surface area contributed by atoms with Crippen molar-refractivity contribution in [1.29, 1.82) is 0 Å². The number of hydrogen-bond donors (Lipinski definition) is 2. The average molecular weight is 347 g/mol. The zero-order valence-electron chi connectivity index (χ0n) is 14.9. The fourth-order valence-electron chi connectivity index (χ4n) is 3.47. The second-order valence-corrected chi connectivity index (χ2v) is 6.56. The zero-order chi connectivity index (χ0) is 18.1. The smallest absolute Gasteiger partial charge is 0.257 e. The summed E-state index contributed by atoms with van der Waals surface area (Å²) in [7, 11) is 1.61. The predicted molar refractivity (Wildman–Crippen MR) is 102 cm³/mol. The number of aromatic amines is 1. The number of fused-ring (bicyclic) bond motifs is 3. The van der Waals surface area contributed by atoms with Gasteiger partial charge >= 0.3 is 0 Å². The number of ether oxygens (including phenoxy) is 1. The van der Waals surface area contributed by atoms with E-state index in [2.05, 4.69) is 16.4 Å². The van der Waals surface area contributed by atoms with Gasteiger partial charge in [0, 0.05) is 34.9 Å². The van der Waals surface area contributed by atoms with E-state index in [1.807, 2.05) is 31.2 Å². The van der Waals surface area contributed by atoms with Crippen molar-refractivity contribution in [1.82, 2.24) is 9.97 Å². The first-order chi connectivity index (χ1) is 12.7. The molecule has 2 aromatic heterocycles. The Morgan fingerprint density at radius 1 is 1.23 bits per heavy atom. The predicted octanol–water partition coefficient (Wildman–Crippen LogP) is 4.13. The van der Waals surface area contributed by atoms with Crippen molar-refractivity contribution < 1.29 is 9.53 Å². The van der Waals surface area contributed by atoms with E-state index in [0.717, 1.165) is 41.9 Å². The molecule has 5 heteroatoms. The number of carbonyl (C=O) groups is 1. The second kappa shape index (κ2) is 6.67. The lowest BCUT2D eigenvalue weighted by atomic mass is 10.0. The van der Waals surface area contributed by atoms with Gasteiger partial charge in [-0.25, -0.2) is 0 Å². The summed E-state index contributed by atoms with van der Waals surface area (Å²) in [5.74, 6) is 0.560. The molecule has 4 rings (SSSR count). The van der Waals surface area contributed by atoms with Crippen LogP contribution in [0, 0.1) is 6.92 Å². The number of anilines is 1. The minimum Gasteiger partial charge on any atom is -0.497 e. The van der Waals surface area contributed by atoms with E-state index in [1.165, 1.54) is 5.56 Å². The number of methoxy groups -OCH3 is 1. The molecule has 0 saturated heterocycles. The summed E-state index contributed by atoms with van der Waals surface area (Å²) in [5.41, 5.74) is 6.43. The first-order valence-electron chi connectivity index (χ1n) is 8.78. The van der Waals surface area contributed by atoms with E-state index in [9.17, 15) is 4.79 Å². The van der Waals surface area contributed by atoms with Crippen molar-refractivity contribution in [2.24, 2.45) is 0 Å². The molecule has 1 amide bonds. The van der Waals surface area contributed by atoms with Gasteiger partial charge < -0.3 is 15.0 Å². The summed E-state index contributed by atoms with van der Waals surface area (Å²) in [6.07, 6.45) is 4.72. The maximum Gasteiger partial charge on any atom is 0.257 e. The summed E-state index contributed by atoms with van der Waals surface area (Å²) in [5, 5.41) is 2.97. The molecule has 5 nitrogen and oxygen atoms in total. The monoisotopic (exact) mass is 347 g/mol. The molecule has 1 aliphatic rings. The van der Waals surface area contributed by atoms with E-state index in [4.69, 9.17) is 9.72 Å². The number of benzene rings is 1. The molecule has 0 spiro atoms. The summed E-state index contributed by atoms with van der Waals surface area (Å²) in [6, 6.07) is 11.5. The molecule has 0 atom stereocenters. The highest BCUT2D eigenvalue weighted by Crippen LogP contribution is 2.34. The summed E-state index contributed by atoms with van der Waals surface area (Å²) in [4.78, 5) is 21.0. The Hall–Kier alpha value is -3.08. The molecule has 0 saturated carbocycles. The highest BCUT2D eigenvalue weighted by atomic mass is 16.5. The molecule has 3 aromatic rings. The van der Waals surface area contributed by atoms with Crippen LogP contribution in [-0.4, -0.2) is 23.0 Å². The maximum atomic E-state index is 13.0. The normalized spacial score (nSPS) is 12.7. The molecule has 2 heterocycles. The molecule has 0 unspecified atom stereocenters. The molecule has 26 heavy (non-hydrogen) atoms. The van der Waals surface area contributed by atoms with Crippen molar-refractivity contribution in [2.45, 2.75) is 26.2 Å². The van der Waals surface area contributed by atoms with E-state index in [1.54, 1.807) is 19.4 Å². The van der Waals surface area contributed by atoms with Crippen molar-refractivity contribution in [2.75, 3.05) is 12.4 Å². The molecule has 2 N–H and O–H groups in total. The number of carbonyl (C=O) groups excluding carboxylic acids is 1. The maximum absolute atomic E-state index is 13.0. The fourth-order valence-corrected chi connectivity index (χ4v) is 3.47. The number of nitrogens with zero attached hydrogens (tertiary/aromatic N) is 1. The molecule has 1 aromatic carbocycles. The minimum absolute atomic E-state index is 0.146. The average Bonchev–Trinajstić information content (AvgIpc) is 2.99. The molecule has 1 aliphatic carbocycles. The third kappa shape index (κ3) is 2.96. The van der Waals surface area contributed by atoms with Crippen molar-refractivity contribution in [3.8, 4) is 17.0 Å². The lowest BCUT2D eigenvalue weighted by Crippen LogP contribution is -2.12. The first-order valence-corrected chi connectivity index (χ1v) is 8.78. The topological polar surface area (TPSA) is 67.0 Å². The number of rotatable bonds is 3. The van der Waals surface area contributed by atoms with Crippen LogP contribution in [0.15, 0.2) is 42.6 Å². The lowest BCUT2D eigenvalue weighted by molar-refractivity contribution is 0.102. The molecule has 0 radical (unpaired) electrons. The van der Waals surface area contributed by atoms with Crippen molar-refractivity contribution in [3.63, 3.8) is 0 Å².